The number of nitrogens with zero attached hydrogens (tertiary/aromatic N) is 4. The molecule has 0 radical (unpaired) electrons. The van der Waals surface area contributed by atoms with Gasteiger partial charge in [0.05, 0.1) is 30.0 Å². The van der Waals surface area contributed by atoms with Crippen LogP contribution in [-0.2, 0) is 7.05 Å². The highest BCUT2D eigenvalue weighted by Crippen LogP contribution is 2.28. The lowest BCUT2D eigenvalue weighted by Gasteiger charge is -2.27. The summed E-state index contributed by atoms with van der Waals surface area (Å²) >= 11 is 0. The second kappa shape index (κ2) is 6.78. The Balaban J connectivity index is 1.84. The van der Waals surface area contributed by atoms with Crippen LogP contribution in [-0.4, -0.2) is 45.8 Å². The van der Waals surface area contributed by atoms with Crippen molar-refractivity contribution in [2.24, 2.45) is 7.05 Å². The lowest BCUT2D eigenvalue weighted by atomic mass is 10.0. The van der Waals surface area contributed by atoms with Crippen LogP contribution >= 0.6 is 0 Å². The summed E-state index contributed by atoms with van der Waals surface area (Å²) in [5.41, 5.74) is 3.05. The Kier molecular flexibility index (Phi) is 4.32. The quantitative estimate of drug-likeness (QED) is 0.727. The van der Waals surface area contributed by atoms with Crippen LogP contribution in [0.5, 0.6) is 5.75 Å². The highest BCUT2D eigenvalue weighted by molar-refractivity contribution is 6.06. The Morgan fingerprint density at radius 2 is 1.96 bits per heavy atom. The van der Waals surface area contributed by atoms with Gasteiger partial charge in [-0.1, -0.05) is 12.1 Å². The summed E-state index contributed by atoms with van der Waals surface area (Å²) in [7, 11) is 3.49. The highest BCUT2D eigenvalue weighted by atomic mass is 16.5. The van der Waals surface area contributed by atoms with Gasteiger partial charge in [0.25, 0.3) is 5.91 Å². The summed E-state index contributed by atoms with van der Waals surface area (Å²) in [5, 5.41) is 5.11. The molecule has 1 aromatic carbocycles. The molecule has 0 N–H and O–H groups in total. The van der Waals surface area contributed by atoms with Gasteiger partial charge in [-0.3, -0.25) is 9.48 Å². The molecule has 134 valence electrons. The zero-order valence-corrected chi connectivity index (χ0v) is 15.1. The number of pyridine rings is 1. The van der Waals surface area contributed by atoms with Gasteiger partial charge in [-0.05, 0) is 37.5 Å². The topological polar surface area (TPSA) is 60.2 Å². The van der Waals surface area contributed by atoms with E-state index in [0.29, 0.717) is 11.2 Å². The van der Waals surface area contributed by atoms with E-state index in [1.54, 1.807) is 18.0 Å². The monoisotopic (exact) mass is 350 g/mol. The zero-order chi connectivity index (χ0) is 18.1. The van der Waals surface area contributed by atoms with Gasteiger partial charge in [0, 0.05) is 25.7 Å². The summed E-state index contributed by atoms with van der Waals surface area (Å²) in [5.74, 6) is 0.826. The molecule has 26 heavy (non-hydrogen) atoms. The number of methoxy groups -OCH3 is 1. The van der Waals surface area contributed by atoms with E-state index in [1.807, 2.05) is 42.3 Å². The largest absolute Gasteiger partial charge is 0.497 e. The molecule has 0 aliphatic carbocycles. The number of carbonyl (C=O) groups is 1. The molecule has 0 unspecified atom stereocenters. The van der Waals surface area contributed by atoms with E-state index in [1.165, 1.54) is 6.42 Å². The van der Waals surface area contributed by atoms with Crippen molar-refractivity contribution in [1.82, 2.24) is 19.7 Å². The third-order valence-electron chi connectivity index (χ3n) is 4.94. The molecule has 0 atom stereocenters. The van der Waals surface area contributed by atoms with Crippen molar-refractivity contribution in [1.29, 1.82) is 0 Å². The van der Waals surface area contributed by atoms with Gasteiger partial charge in [-0.25, -0.2) is 4.98 Å². The zero-order valence-electron chi connectivity index (χ0n) is 15.1. The summed E-state index contributed by atoms with van der Waals surface area (Å²) in [6.45, 7) is 1.63. The van der Waals surface area contributed by atoms with Gasteiger partial charge < -0.3 is 9.64 Å². The van der Waals surface area contributed by atoms with Gasteiger partial charge in [0.1, 0.15) is 5.75 Å². The van der Waals surface area contributed by atoms with Crippen molar-refractivity contribution in [3.8, 4) is 17.0 Å². The number of piperidine rings is 1. The maximum absolute atomic E-state index is 13.2. The van der Waals surface area contributed by atoms with Crippen LogP contribution < -0.4 is 4.74 Å². The van der Waals surface area contributed by atoms with Crippen LogP contribution in [0, 0.1) is 0 Å². The highest BCUT2D eigenvalue weighted by Gasteiger charge is 2.23. The first-order chi connectivity index (χ1) is 12.7. The Morgan fingerprint density at radius 1 is 1.15 bits per heavy atom. The molecule has 2 aromatic heterocycles. The summed E-state index contributed by atoms with van der Waals surface area (Å²) in [6.07, 6.45) is 5.05. The Bertz CT molecular complexity index is 958. The molecule has 1 fully saturated rings. The molecule has 1 aliphatic heterocycles. The van der Waals surface area contributed by atoms with Crippen LogP contribution in [0.3, 0.4) is 0 Å². The van der Waals surface area contributed by atoms with Crippen LogP contribution in [0.15, 0.2) is 36.5 Å². The molecule has 6 nitrogen and oxygen atoms in total. The van der Waals surface area contributed by atoms with E-state index in [-0.39, 0.29) is 5.91 Å². The molecule has 0 saturated carbocycles. The number of aryl methyl sites for hydroxylation is 1. The molecule has 0 spiro atoms. The first kappa shape index (κ1) is 16.6. The molecule has 3 aromatic rings. The minimum atomic E-state index is 0.0641. The van der Waals surface area contributed by atoms with Crippen LogP contribution in [0.2, 0.25) is 0 Å². The number of benzene rings is 1. The van der Waals surface area contributed by atoms with E-state index < -0.39 is 0 Å². The average molecular weight is 350 g/mol. The maximum atomic E-state index is 13.2. The fourth-order valence-electron chi connectivity index (χ4n) is 3.49. The second-order valence-corrected chi connectivity index (χ2v) is 6.65. The number of hydrogen-bond acceptors (Lipinski definition) is 4. The SMILES string of the molecule is COc1cccc(-c2cc(C(=O)N3CCCCC3)c3cnn(C)c3n2)c1. The number of fused-ring (bicyclic) bond motifs is 1. The number of rotatable bonds is 3. The maximum Gasteiger partial charge on any atom is 0.254 e. The standard InChI is InChI=1S/C20H22N4O2/c1-23-19-17(13-21-23)16(20(25)24-9-4-3-5-10-24)12-18(22-19)14-7-6-8-15(11-14)26-2/h6-8,11-13H,3-5,9-10H2,1-2H3. The molecule has 1 amide bonds. The molecular formula is C20H22N4O2. The van der Waals surface area contributed by atoms with Crippen molar-refractivity contribution in [3.05, 3.63) is 42.1 Å². The van der Waals surface area contributed by atoms with E-state index in [0.717, 1.165) is 48.3 Å². The summed E-state index contributed by atoms with van der Waals surface area (Å²) in [6, 6.07) is 9.61. The number of likely N-dealkylation sites (tertiary alicyclic amines) is 1. The molecule has 1 aliphatic rings. The van der Waals surface area contributed by atoms with Crippen molar-refractivity contribution in [3.63, 3.8) is 0 Å². The van der Waals surface area contributed by atoms with Crippen molar-refractivity contribution >= 4 is 16.9 Å². The van der Waals surface area contributed by atoms with E-state index in [4.69, 9.17) is 9.72 Å². The predicted molar refractivity (Wildman–Crippen MR) is 100 cm³/mol. The normalized spacial score (nSPS) is 14.6. The lowest BCUT2D eigenvalue weighted by molar-refractivity contribution is 0.0726. The Hall–Kier alpha value is -2.89. The first-order valence-corrected chi connectivity index (χ1v) is 8.94. The first-order valence-electron chi connectivity index (χ1n) is 8.94. The number of hydrogen-bond donors (Lipinski definition) is 0. The molecule has 6 heteroatoms. The number of carbonyl (C=O) groups excluding carboxylic acids is 1. The second-order valence-electron chi connectivity index (χ2n) is 6.65. The fourth-order valence-corrected chi connectivity index (χ4v) is 3.49. The van der Waals surface area contributed by atoms with Crippen molar-refractivity contribution in [2.75, 3.05) is 20.2 Å². The van der Waals surface area contributed by atoms with Gasteiger partial charge in [0.15, 0.2) is 5.65 Å². The fraction of sp³-hybridized carbons (Fsp3) is 0.350. The average Bonchev–Trinajstić information content (AvgIpc) is 3.08. The van der Waals surface area contributed by atoms with E-state index in [9.17, 15) is 4.79 Å². The third kappa shape index (κ3) is 2.92. The predicted octanol–water partition coefficient (Wildman–Crippen LogP) is 3.27. The molecule has 1 saturated heterocycles. The lowest BCUT2D eigenvalue weighted by Crippen LogP contribution is -2.35. The third-order valence-corrected chi connectivity index (χ3v) is 4.94. The number of ether oxygens (including phenoxy) is 1. The van der Waals surface area contributed by atoms with Gasteiger partial charge in [0.2, 0.25) is 0 Å². The van der Waals surface area contributed by atoms with Gasteiger partial charge >= 0.3 is 0 Å². The molecular weight excluding hydrogens is 328 g/mol. The molecule has 3 heterocycles. The van der Waals surface area contributed by atoms with Gasteiger partial charge in [-0.2, -0.15) is 5.10 Å². The molecule has 0 bridgehead atoms. The molecule has 4 rings (SSSR count). The van der Waals surface area contributed by atoms with Crippen LogP contribution in [0.4, 0.5) is 0 Å². The van der Waals surface area contributed by atoms with Crippen LogP contribution in [0.25, 0.3) is 22.3 Å². The minimum absolute atomic E-state index is 0.0641. The van der Waals surface area contributed by atoms with E-state index in [2.05, 4.69) is 5.10 Å². The van der Waals surface area contributed by atoms with Crippen LogP contribution in [0.1, 0.15) is 29.6 Å². The number of aromatic nitrogens is 3. The Labute approximate surface area is 152 Å². The number of amides is 1. The van der Waals surface area contributed by atoms with E-state index >= 15 is 0 Å². The minimum Gasteiger partial charge on any atom is -0.497 e. The smallest absolute Gasteiger partial charge is 0.254 e. The summed E-state index contributed by atoms with van der Waals surface area (Å²) < 4.78 is 7.04. The van der Waals surface area contributed by atoms with Gasteiger partial charge in [-0.15, -0.1) is 0 Å². The summed E-state index contributed by atoms with van der Waals surface area (Å²) in [4.78, 5) is 19.9. The van der Waals surface area contributed by atoms with Crippen molar-refractivity contribution in [2.45, 2.75) is 19.3 Å². The Morgan fingerprint density at radius 3 is 2.73 bits per heavy atom. The van der Waals surface area contributed by atoms with Crippen molar-refractivity contribution < 1.29 is 9.53 Å².